The van der Waals surface area contributed by atoms with Crippen molar-refractivity contribution in [3.05, 3.63) is 56.9 Å². The number of nitro benzene ring substituents is 1. The lowest BCUT2D eigenvalue weighted by Crippen LogP contribution is -2.09. The van der Waals surface area contributed by atoms with Gasteiger partial charge < -0.3 is 5.32 Å². The molecule has 1 heterocycles. The summed E-state index contributed by atoms with van der Waals surface area (Å²) in [5, 5.41) is 17.9. The predicted octanol–water partition coefficient (Wildman–Crippen LogP) is 2.91. The molecule has 2 rings (SSSR count). The summed E-state index contributed by atoms with van der Waals surface area (Å²) in [4.78, 5) is 22.5. The van der Waals surface area contributed by atoms with Crippen LogP contribution in [-0.4, -0.2) is 20.6 Å². The number of rotatable bonds is 4. The van der Waals surface area contributed by atoms with Crippen LogP contribution in [0.1, 0.15) is 22.5 Å². The number of nitrogens with one attached hydrogen (secondary N) is 1. The number of carbonyl (C=O) groups is 1. The van der Waals surface area contributed by atoms with Crippen LogP contribution in [0.15, 0.2) is 24.3 Å². The second-order valence-electron chi connectivity index (χ2n) is 5.24. The van der Waals surface area contributed by atoms with Crippen LogP contribution in [0.3, 0.4) is 0 Å². The average molecular weight is 314 g/mol. The van der Waals surface area contributed by atoms with Crippen molar-refractivity contribution in [2.45, 2.75) is 20.8 Å². The van der Waals surface area contributed by atoms with Crippen LogP contribution in [0.4, 0.5) is 11.4 Å². The van der Waals surface area contributed by atoms with Crippen molar-refractivity contribution < 1.29 is 9.72 Å². The van der Waals surface area contributed by atoms with E-state index in [1.54, 1.807) is 29.8 Å². The fourth-order valence-corrected chi connectivity index (χ4v) is 2.32. The van der Waals surface area contributed by atoms with Gasteiger partial charge in [-0.15, -0.1) is 0 Å². The third-order valence-electron chi connectivity index (χ3n) is 3.73. The molecule has 0 saturated heterocycles. The number of benzene rings is 1. The van der Waals surface area contributed by atoms with Gasteiger partial charge in [0.2, 0.25) is 5.91 Å². The zero-order valence-electron chi connectivity index (χ0n) is 13.5. The maximum Gasteiger partial charge on any atom is 0.274 e. The normalized spacial score (nSPS) is 11.0. The largest absolute Gasteiger partial charge is 0.322 e. The lowest BCUT2D eigenvalue weighted by Gasteiger charge is -2.06. The van der Waals surface area contributed by atoms with E-state index in [0.29, 0.717) is 11.3 Å². The first-order valence-electron chi connectivity index (χ1n) is 7.04. The first-order valence-corrected chi connectivity index (χ1v) is 7.04. The summed E-state index contributed by atoms with van der Waals surface area (Å²) < 4.78 is 1.75. The van der Waals surface area contributed by atoms with E-state index < -0.39 is 4.92 Å². The second kappa shape index (κ2) is 6.43. The Morgan fingerprint density at radius 2 is 2.04 bits per heavy atom. The molecule has 0 aliphatic rings. The quantitative estimate of drug-likeness (QED) is 0.534. The lowest BCUT2D eigenvalue weighted by atomic mass is 10.1. The molecule has 0 aliphatic carbocycles. The van der Waals surface area contributed by atoms with Gasteiger partial charge in [0.05, 0.1) is 21.9 Å². The van der Waals surface area contributed by atoms with Gasteiger partial charge >= 0.3 is 0 Å². The number of aromatic nitrogens is 2. The Morgan fingerprint density at radius 1 is 1.35 bits per heavy atom. The number of anilines is 1. The third kappa shape index (κ3) is 3.45. The Labute approximate surface area is 133 Å². The van der Waals surface area contributed by atoms with Gasteiger partial charge in [0.15, 0.2) is 0 Å². The molecule has 7 heteroatoms. The summed E-state index contributed by atoms with van der Waals surface area (Å²) in [6, 6.07) is 4.58. The van der Waals surface area contributed by atoms with E-state index in [1.165, 1.54) is 12.1 Å². The van der Waals surface area contributed by atoms with Gasteiger partial charge in [-0.25, -0.2) is 0 Å². The number of carbonyl (C=O) groups excluding carboxylic acids is 1. The SMILES string of the molecule is Cc1nn(C)c(C)c1/C=C/C(=O)Nc1cccc([N+](=O)[O-])c1C. The highest BCUT2D eigenvalue weighted by molar-refractivity contribution is 6.02. The summed E-state index contributed by atoms with van der Waals surface area (Å²) in [7, 11) is 1.84. The molecule has 1 aromatic carbocycles. The maximum absolute atomic E-state index is 12.1. The Balaban J connectivity index is 2.19. The Bertz CT molecular complexity index is 806. The van der Waals surface area contributed by atoms with Crippen molar-refractivity contribution in [1.29, 1.82) is 0 Å². The second-order valence-corrected chi connectivity index (χ2v) is 5.24. The topological polar surface area (TPSA) is 90.1 Å². The van der Waals surface area contributed by atoms with Crippen LogP contribution < -0.4 is 5.32 Å². The van der Waals surface area contributed by atoms with E-state index in [9.17, 15) is 14.9 Å². The van der Waals surface area contributed by atoms with E-state index >= 15 is 0 Å². The van der Waals surface area contributed by atoms with Crippen LogP contribution in [0.5, 0.6) is 0 Å². The Kier molecular flexibility index (Phi) is 4.59. The fraction of sp³-hybridized carbons (Fsp3) is 0.250. The van der Waals surface area contributed by atoms with Gasteiger partial charge in [-0.05, 0) is 32.9 Å². The van der Waals surface area contributed by atoms with E-state index in [1.807, 2.05) is 20.9 Å². The highest BCUT2D eigenvalue weighted by Gasteiger charge is 2.14. The molecule has 1 N–H and O–H groups in total. The van der Waals surface area contributed by atoms with Gasteiger partial charge in [0, 0.05) is 30.4 Å². The molecule has 0 bridgehead atoms. The number of nitro groups is 1. The van der Waals surface area contributed by atoms with Crippen LogP contribution in [0, 0.1) is 30.9 Å². The molecule has 0 radical (unpaired) electrons. The minimum atomic E-state index is -0.469. The molecule has 0 saturated carbocycles. The van der Waals surface area contributed by atoms with Crippen LogP contribution in [0.25, 0.3) is 6.08 Å². The molecule has 120 valence electrons. The molecule has 7 nitrogen and oxygen atoms in total. The summed E-state index contributed by atoms with van der Waals surface area (Å²) >= 11 is 0. The summed E-state index contributed by atoms with van der Waals surface area (Å²) in [6.07, 6.45) is 3.09. The average Bonchev–Trinajstić information content (AvgIpc) is 2.72. The first kappa shape index (κ1) is 16.4. The molecule has 1 amide bonds. The van der Waals surface area contributed by atoms with Gasteiger partial charge in [-0.3, -0.25) is 19.6 Å². The molecular formula is C16H18N4O3. The van der Waals surface area contributed by atoms with Crippen molar-refractivity contribution in [2.24, 2.45) is 7.05 Å². The van der Waals surface area contributed by atoms with Crippen molar-refractivity contribution in [1.82, 2.24) is 9.78 Å². The minimum absolute atomic E-state index is 0.0225. The highest BCUT2D eigenvalue weighted by atomic mass is 16.6. The number of aryl methyl sites for hydroxylation is 2. The monoisotopic (exact) mass is 314 g/mol. The highest BCUT2D eigenvalue weighted by Crippen LogP contribution is 2.25. The molecule has 0 unspecified atom stereocenters. The summed E-state index contributed by atoms with van der Waals surface area (Å²) in [5.41, 5.74) is 3.50. The van der Waals surface area contributed by atoms with Gasteiger partial charge in [0.25, 0.3) is 5.69 Å². The third-order valence-corrected chi connectivity index (χ3v) is 3.73. The molecule has 0 fully saturated rings. The van der Waals surface area contributed by atoms with E-state index in [0.717, 1.165) is 17.0 Å². The molecular weight excluding hydrogens is 296 g/mol. The molecule has 2 aromatic rings. The van der Waals surface area contributed by atoms with E-state index in [4.69, 9.17) is 0 Å². The fourth-order valence-electron chi connectivity index (χ4n) is 2.32. The molecule has 0 spiro atoms. The minimum Gasteiger partial charge on any atom is -0.322 e. The van der Waals surface area contributed by atoms with E-state index in [-0.39, 0.29) is 11.6 Å². The summed E-state index contributed by atoms with van der Waals surface area (Å²) in [6.45, 7) is 5.39. The lowest BCUT2D eigenvalue weighted by molar-refractivity contribution is -0.385. The maximum atomic E-state index is 12.1. The van der Waals surface area contributed by atoms with Crippen LogP contribution >= 0.6 is 0 Å². The van der Waals surface area contributed by atoms with Crippen molar-refractivity contribution in [2.75, 3.05) is 5.32 Å². The molecule has 23 heavy (non-hydrogen) atoms. The smallest absolute Gasteiger partial charge is 0.274 e. The van der Waals surface area contributed by atoms with E-state index in [2.05, 4.69) is 10.4 Å². The predicted molar refractivity (Wildman–Crippen MR) is 88.2 cm³/mol. The number of amides is 1. The van der Waals surface area contributed by atoms with Gasteiger partial charge in [-0.2, -0.15) is 5.10 Å². The molecule has 1 aromatic heterocycles. The zero-order chi connectivity index (χ0) is 17.1. The van der Waals surface area contributed by atoms with Gasteiger partial charge in [0.1, 0.15) is 0 Å². The van der Waals surface area contributed by atoms with Crippen molar-refractivity contribution in [3.63, 3.8) is 0 Å². The van der Waals surface area contributed by atoms with Crippen molar-refractivity contribution >= 4 is 23.4 Å². The van der Waals surface area contributed by atoms with Crippen molar-refractivity contribution in [3.8, 4) is 0 Å². The van der Waals surface area contributed by atoms with Gasteiger partial charge in [-0.1, -0.05) is 6.07 Å². The number of nitrogens with zero attached hydrogens (tertiary/aromatic N) is 3. The summed E-state index contributed by atoms with van der Waals surface area (Å²) in [5.74, 6) is -0.351. The zero-order valence-corrected chi connectivity index (χ0v) is 13.5. The molecule has 0 atom stereocenters. The number of hydrogen-bond donors (Lipinski definition) is 1. The molecule has 0 aliphatic heterocycles. The van der Waals surface area contributed by atoms with Crippen LogP contribution in [0.2, 0.25) is 0 Å². The number of hydrogen-bond acceptors (Lipinski definition) is 4. The standard InChI is InChI=1S/C16H18N4O3/c1-10-14(6-5-7-15(10)20(22)23)17-16(21)9-8-13-11(2)18-19(4)12(13)3/h5-9H,1-4H3,(H,17,21)/b9-8+. The Morgan fingerprint density at radius 3 is 2.61 bits per heavy atom. The Hall–Kier alpha value is -2.96. The van der Waals surface area contributed by atoms with Crippen LogP contribution in [-0.2, 0) is 11.8 Å². The first-order chi connectivity index (χ1) is 10.8.